The third-order valence-electron chi connectivity index (χ3n) is 4.00. The zero-order valence-electron chi connectivity index (χ0n) is 15.4. The molecule has 0 spiro atoms. The predicted molar refractivity (Wildman–Crippen MR) is 104 cm³/mol. The van der Waals surface area contributed by atoms with Crippen LogP contribution in [0.4, 0.5) is 16.2 Å². The van der Waals surface area contributed by atoms with Crippen LogP contribution in [0, 0.1) is 0 Å². The number of nitrogens with zero attached hydrogens (tertiary/aromatic N) is 1. The molecule has 0 unspecified atom stereocenters. The minimum Gasteiger partial charge on any atom is -0.481 e. The highest BCUT2D eigenvalue weighted by molar-refractivity contribution is 6.01. The number of anilines is 2. The highest BCUT2D eigenvalue weighted by Gasteiger charge is 2.11. The van der Waals surface area contributed by atoms with Crippen molar-refractivity contribution < 1.29 is 19.5 Å². The molecule has 0 aromatic heterocycles. The lowest BCUT2D eigenvalue weighted by Gasteiger charge is -2.15. The molecule has 142 valence electrons. The van der Waals surface area contributed by atoms with Gasteiger partial charge in [-0.2, -0.15) is 0 Å². The molecule has 0 aliphatic rings. The molecular formula is C20H23N3O4. The van der Waals surface area contributed by atoms with Crippen molar-refractivity contribution in [1.29, 1.82) is 0 Å². The van der Waals surface area contributed by atoms with E-state index in [2.05, 4.69) is 10.6 Å². The van der Waals surface area contributed by atoms with Crippen LogP contribution < -0.4 is 10.6 Å². The molecule has 3 N–H and O–H groups in total. The first-order valence-electron chi connectivity index (χ1n) is 8.63. The first-order chi connectivity index (χ1) is 12.9. The summed E-state index contributed by atoms with van der Waals surface area (Å²) in [5.41, 5.74) is 2.39. The molecule has 2 aromatic rings. The Labute approximate surface area is 158 Å². The number of carboxylic acid groups (broad SMARTS) is 1. The number of carbonyl (C=O) groups excluding carboxylic acids is 2. The van der Waals surface area contributed by atoms with Crippen molar-refractivity contribution in [2.45, 2.75) is 19.8 Å². The van der Waals surface area contributed by atoms with Crippen molar-refractivity contribution in [3.05, 3.63) is 59.7 Å². The normalized spacial score (nSPS) is 10.1. The summed E-state index contributed by atoms with van der Waals surface area (Å²) in [6.07, 6.45) is 0.421. The van der Waals surface area contributed by atoms with E-state index in [4.69, 9.17) is 5.11 Å². The van der Waals surface area contributed by atoms with Crippen molar-refractivity contribution in [1.82, 2.24) is 4.90 Å². The minimum absolute atomic E-state index is 0.0304. The second kappa shape index (κ2) is 9.38. The fraction of sp³-hybridized carbons (Fsp3) is 0.250. The maximum absolute atomic E-state index is 12.2. The number of hydrogen-bond acceptors (Lipinski definition) is 3. The Morgan fingerprint density at radius 2 is 1.63 bits per heavy atom. The van der Waals surface area contributed by atoms with Crippen molar-refractivity contribution in [3.8, 4) is 0 Å². The van der Waals surface area contributed by atoms with E-state index in [-0.39, 0.29) is 12.3 Å². The number of benzene rings is 2. The molecule has 0 bridgehead atoms. The maximum atomic E-state index is 12.2. The molecular weight excluding hydrogens is 346 g/mol. The largest absolute Gasteiger partial charge is 0.481 e. The zero-order valence-corrected chi connectivity index (χ0v) is 15.4. The van der Waals surface area contributed by atoms with Crippen LogP contribution in [-0.4, -0.2) is 41.5 Å². The van der Waals surface area contributed by atoms with E-state index in [0.29, 0.717) is 29.9 Å². The van der Waals surface area contributed by atoms with Crippen molar-refractivity contribution >= 4 is 29.3 Å². The highest BCUT2D eigenvalue weighted by atomic mass is 16.4. The standard InChI is InChI=1S/C20H23N3O4/c1-3-23(2)19(26)15-7-5-9-17(13-15)22-20(27)21-16-8-4-6-14(12-16)10-11-18(24)25/h4-9,12-13H,3,10-11H2,1-2H3,(H,24,25)(H2,21,22,27). The molecule has 0 fully saturated rings. The summed E-state index contributed by atoms with van der Waals surface area (Å²) >= 11 is 0. The first kappa shape index (κ1) is 20.0. The Bertz CT molecular complexity index is 835. The van der Waals surface area contributed by atoms with Gasteiger partial charge >= 0.3 is 12.0 Å². The number of nitrogens with one attached hydrogen (secondary N) is 2. The van der Waals surface area contributed by atoms with Gasteiger partial charge in [-0.3, -0.25) is 9.59 Å². The van der Waals surface area contributed by atoms with Gasteiger partial charge in [0, 0.05) is 37.0 Å². The third-order valence-corrected chi connectivity index (χ3v) is 4.00. The molecule has 7 nitrogen and oxygen atoms in total. The summed E-state index contributed by atoms with van der Waals surface area (Å²) in [7, 11) is 1.71. The topological polar surface area (TPSA) is 98.7 Å². The van der Waals surface area contributed by atoms with Gasteiger partial charge in [0.15, 0.2) is 0 Å². The summed E-state index contributed by atoms with van der Waals surface area (Å²) in [5.74, 6) is -0.984. The molecule has 3 amide bonds. The van der Waals surface area contributed by atoms with Gasteiger partial charge < -0.3 is 20.6 Å². The molecule has 0 saturated heterocycles. The van der Waals surface area contributed by atoms with Gasteiger partial charge in [-0.15, -0.1) is 0 Å². The van der Waals surface area contributed by atoms with Gasteiger partial charge in [-0.05, 0) is 49.2 Å². The third kappa shape index (κ3) is 6.14. The number of amides is 3. The molecule has 0 aliphatic carbocycles. The van der Waals surface area contributed by atoms with Crippen LogP contribution in [0.2, 0.25) is 0 Å². The van der Waals surface area contributed by atoms with Crippen LogP contribution in [0.5, 0.6) is 0 Å². The van der Waals surface area contributed by atoms with Crippen LogP contribution in [0.1, 0.15) is 29.3 Å². The Hall–Kier alpha value is -3.35. The summed E-state index contributed by atoms with van der Waals surface area (Å²) in [4.78, 5) is 36.7. The molecule has 2 aromatic carbocycles. The Balaban J connectivity index is 2.01. The van der Waals surface area contributed by atoms with Gasteiger partial charge in [0.2, 0.25) is 0 Å². The van der Waals surface area contributed by atoms with Crippen molar-refractivity contribution in [2.24, 2.45) is 0 Å². The maximum Gasteiger partial charge on any atom is 0.323 e. The molecule has 7 heteroatoms. The van der Waals surface area contributed by atoms with Crippen LogP contribution in [-0.2, 0) is 11.2 Å². The van der Waals surface area contributed by atoms with Gasteiger partial charge in [0.25, 0.3) is 5.91 Å². The number of urea groups is 1. The molecule has 27 heavy (non-hydrogen) atoms. The van der Waals surface area contributed by atoms with Gasteiger partial charge in [-0.1, -0.05) is 18.2 Å². The van der Waals surface area contributed by atoms with Gasteiger partial charge in [0.1, 0.15) is 0 Å². The number of aliphatic carboxylic acids is 1. The van der Waals surface area contributed by atoms with E-state index in [9.17, 15) is 14.4 Å². The Kier molecular flexibility index (Phi) is 6.93. The monoisotopic (exact) mass is 369 g/mol. The van der Waals surface area contributed by atoms with Crippen LogP contribution in [0.25, 0.3) is 0 Å². The zero-order chi connectivity index (χ0) is 19.8. The number of carboxylic acids is 1. The Morgan fingerprint density at radius 1 is 1.00 bits per heavy atom. The quantitative estimate of drug-likeness (QED) is 0.696. The minimum atomic E-state index is -0.866. The van der Waals surface area contributed by atoms with E-state index < -0.39 is 12.0 Å². The summed E-state index contributed by atoms with van der Waals surface area (Å²) in [6, 6.07) is 13.3. The summed E-state index contributed by atoms with van der Waals surface area (Å²) < 4.78 is 0. The smallest absolute Gasteiger partial charge is 0.323 e. The molecule has 0 radical (unpaired) electrons. The number of aryl methyl sites for hydroxylation is 1. The number of hydrogen-bond donors (Lipinski definition) is 3. The van der Waals surface area contributed by atoms with E-state index in [1.165, 1.54) is 0 Å². The fourth-order valence-corrected chi connectivity index (χ4v) is 2.44. The highest BCUT2D eigenvalue weighted by Crippen LogP contribution is 2.15. The van der Waals surface area contributed by atoms with Gasteiger partial charge in [-0.25, -0.2) is 4.79 Å². The summed E-state index contributed by atoms with van der Waals surface area (Å²) in [5, 5.41) is 14.2. The fourth-order valence-electron chi connectivity index (χ4n) is 2.44. The molecule has 0 atom stereocenters. The molecule has 0 heterocycles. The molecule has 0 aliphatic heterocycles. The Morgan fingerprint density at radius 3 is 2.26 bits per heavy atom. The van der Waals surface area contributed by atoms with Crippen molar-refractivity contribution in [2.75, 3.05) is 24.2 Å². The van der Waals surface area contributed by atoms with Crippen LogP contribution in [0.15, 0.2) is 48.5 Å². The van der Waals surface area contributed by atoms with Crippen molar-refractivity contribution in [3.63, 3.8) is 0 Å². The van der Waals surface area contributed by atoms with Gasteiger partial charge in [0.05, 0.1) is 0 Å². The number of rotatable bonds is 7. The average Bonchev–Trinajstić information content (AvgIpc) is 2.65. The number of carbonyl (C=O) groups is 3. The van der Waals surface area contributed by atoms with E-state index >= 15 is 0 Å². The SMILES string of the molecule is CCN(C)C(=O)c1cccc(NC(=O)Nc2cccc(CCC(=O)O)c2)c1. The lowest BCUT2D eigenvalue weighted by molar-refractivity contribution is -0.136. The predicted octanol–water partition coefficient (Wildman–Crippen LogP) is 3.44. The lowest BCUT2D eigenvalue weighted by atomic mass is 10.1. The molecule has 2 rings (SSSR count). The van der Waals surface area contributed by atoms with Crippen LogP contribution >= 0.6 is 0 Å². The second-order valence-corrected chi connectivity index (χ2v) is 6.07. The van der Waals surface area contributed by atoms with E-state index in [1.54, 1.807) is 54.4 Å². The van der Waals surface area contributed by atoms with E-state index in [1.807, 2.05) is 13.0 Å². The molecule has 0 saturated carbocycles. The van der Waals surface area contributed by atoms with Crippen LogP contribution in [0.3, 0.4) is 0 Å². The lowest BCUT2D eigenvalue weighted by Crippen LogP contribution is -2.26. The average molecular weight is 369 g/mol. The summed E-state index contributed by atoms with van der Waals surface area (Å²) in [6.45, 7) is 2.48. The second-order valence-electron chi connectivity index (χ2n) is 6.07. The first-order valence-corrected chi connectivity index (χ1v) is 8.63. The van der Waals surface area contributed by atoms with E-state index in [0.717, 1.165) is 5.56 Å².